The van der Waals surface area contributed by atoms with Crippen LogP contribution in [0.3, 0.4) is 0 Å². The van der Waals surface area contributed by atoms with Crippen molar-refractivity contribution in [3.63, 3.8) is 0 Å². The monoisotopic (exact) mass is 468 g/mol. The van der Waals surface area contributed by atoms with Gasteiger partial charge >= 0.3 is 0 Å². The van der Waals surface area contributed by atoms with Crippen LogP contribution in [-0.4, -0.2) is 29.3 Å². The summed E-state index contributed by atoms with van der Waals surface area (Å²) in [5.41, 5.74) is 1.57. The van der Waals surface area contributed by atoms with Crippen molar-refractivity contribution in [3.8, 4) is 0 Å². The van der Waals surface area contributed by atoms with Gasteiger partial charge in [0, 0.05) is 28.2 Å². The lowest BCUT2D eigenvalue weighted by atomic mass is 10.1. The molecule has 0 fully saturated rings. The van der Waals surface area contributed by atoms with Crippen LogP contribution in [0.1, 0.15) is 44.2 Å². The van der Waals surface area contributed by atoms with E-state index >= 15 is 0 Å². The first-order chi connectivity index (χ1) is 14.3. The number of hydrogen-bond acceptors (Lipinski definition) is 2. The minimum atomic E-state index is -0.573. The Kier molecular flexibility index (Phi) is 9.96. The number of amides is 2. The Morgan fingerprint density at radius 2 is 1.67 bits per heavy atom. The van der Waals surface area contributed by atoms with Gasteiger partial charge in [0.2, 0.25) is 11.8 Å². The third kappa shape index (κ3) is 7.19. The Balaban J connectivity index is 2.26. The molecule has 1 atom stereocenters. The Labute approximate surface area is 193 Å². The van der Waals surface area contributed by atoms with Crippen molar-refractivity contribution in [3.05, 3.63) is 68.7 Å². The van der Waals surface area contributed by atoms with E-state index in [4.69, 9.17) is 34.8 Å². The molecule has 1 N–H and O–H groups in total. The second-order valence-corrected chi connectivity index (χ2v) is 8.41. The molecule has 0 bridgehead atoms. The van der Waals surface area contributed by atoms with E-state index in [1.54, 1.807) is 35.2 Å². The Morgan fingerprint density at radius 3 is 2.27 bits per heavy atom. The highest BCUT2D eigenvalue weighted by molar-refractivity contribution is 6.35. The Hall–Kier alpha value is -1.75. The fraction of sp³-hybridized carbons (Fsp3) is 0.391. The van der Waals surface area contributed by atoms with Gasteiger partial charge in [0.05, 0.1) is 6.42 Å². The summed E-state index contributed by atoms with van der Waals surface area (Å²) < 4.78 is 0. The van der Waals surface area contributed by atoms with Crippen LogP contribution in [0.15, 0.2) is 42.5 Å². The zero-order valence-electron chi connectivity index (χ0n) is 17.3. The van der Waals surface area contributed by atoms with Gasteiger partial charge in [-0.05, 0) is 48.2 Å². The second kappa shape index (κ2) is 12.2. The van der Waals surface area contributed by atoms with Gasteiger partial charge in [-0.25, -0.2) is 0 Å². The summed E-state index contributed by atoms with van der Waals surface area (Å²) in [6.07, 6.45) is 2.47. The van der Waals surface area contributed by atoms with Crippen molar-refractivity contribution in [1.29, 1.82) is 0 Å². The van der Waals surface area contributed by atoms with Gasteiger partial charge in [-0.3, -0.25) is 9.59 Å². The number of hydrogen-bond donors (Lipinski definition) is 1. The van der Waals surface area contributed by atoms with Crippen molar-refractivity contribution in [2.45, 2.75) is 52.1 Å². The van der Waals surface area contributed by atoms with E-state index < -0.39 is 6.04 Å². The molecule has 2 amide bonds. The van der Waals surface area contributed by atoms with Crippen LogP contribution in [0.5, 0.6) is 0 Å². The van der Waals surface area contributed by atoms with Crippen LogP contribution in [-0.2, 0) is 22.6 Å². The van der Waals surface area contributed by atoms with Crippen LogP contribution >= 0.6 is 34.8 Å². The molecule has 0 aliphatic carbocycles. The van der Waals surface area contributed by atoms with Crippen molar-refractivity contribution in [2.24, 2.45) is 0 Å². The average molecular weight is 470 g/mol. The third-order valence-electron chi connectivity index (χ3n) is 4.84. The molecule has 0 aliphatic rings. The van der Waals surface area contributed by atoms with Crippen molar-refractivity contribution >= 4 is 46.6 Å². The normalized spacial score (nSPS) is 11.8. The van der Waals surface area contributed by atoms with Crippen molar-refractivity contribution in [1.82, 2.24) is 10.2 Å². The third-order valence-corrected chi connectivity index (χ3v) is 5.68. The van der Waals surface area contributed by atoms with Gasteiger partial charge < -0.3 is 10.2 Å². The molecule has 2 rings (SSSR count). The van der Waals surface area contributed by atoms with Crippen LogP contribution < -0.4 is 5.32 Å². The van der Waals surface area contributed by atoms with Gasteiger partial charge in [0.15, 0.2) is 0 Å². The summed E-state index contributed by atoms with van der Waals surface area (Å²) in [4.78, 5) is 27.7. The van der Waals surface area contributed by atoms with E-state index in [2.05, 4.69) is 12.2 Å². The molecule has 162 valence electrons. The minimum absolute atomic E-state index is 0.0856. The number of nitrogens with zero attached hydrogens (tertiary/aromatic N) is 1. The summed E-state index contributed by atoms with van der Waals surface area (Å²) in [6.45, 7) is 4.87. The molecule has 0 spiro atoms. The predicted octanol–water partition coefficient (Wildman–Crippen LogP) is 5.91. The standard InChI is InChI=1S/C23H27Cl3N2O2/c1-3-5-12-27-23(30)21(4-2)28(15-16-6-9-18(24)10-7-16)22(29)13-17-8-11-19(25)14-20(17)26/h6-11,14,21H,3-5,12-13,15H2,1-2H3,(H,27,30)/t21-/m1/s1. The van der Waals surface area contributed by atoms with E-state index in [0.29, 0.717) is 40.1 Å². The van der Waals surface area contributed by atoms with Gasteiger partial charge in [0.1, 0.15) is 6.04 Å². The highest BCUT2D eigenvalue weighted by Crippen LogP contribution is 2.23. The molecule has 0 aliphatic heterocycles. The molecule has 0 unspecified atom stereocenters. The highest BCUT2D eigenvalue weighted by atomic mass is 35.5. The van der Waals surface area contributed by atoms with Crippen LogP contribution in [0.25, 0.3) is 0 Å². The maximum Gasteiger partial charge on any atom is 0.242 e. The summed E-state index contributed by atoms with van der Waals surface area (Å²) in [7, 11) is 0. The van der Waals surface area contributed by atoms with Gasteiger partial charge in [-0.15, -0.1) is 0 Å². The van der Waals surface area contributed by atoms with Gasteiger partial charge in [0.25, 0.3) is 0 Å². The second-order valence-electron chi connectivity index (χ2n) is 7.13. The summed E-state index contributed by atoms with van der Waals surface area (Å²) in [5, 5.41) is 4.51. The van der Waals surface area contributed by atoms with E-state index in [-0.39, 0.29) is 18.2 Å². The molecular formula is C23H27Cl3N2O2. The van der Waals surface area contributed by atoms with Gasteiger partial charge in [-0.1, -0.05) is 73.3 Å². The first-order valence-electron chi connectivity index (χ1n) is 10.1. The summed E-state index contributed by atoms with van der Waals surface area (Å²) in [6, 6.07) is 11.8. The number of nitrogens with one attached hydrogen (secondary N) is 1. The first-order valence-corrected chi connectivity index (χ1v) is 11.2. The lowest BCUT2D eigenvalue weighted by molar-refractivity contribution is -0.140. The molecular weight excluding hydrogens is 443 g/mol. The van der Waals surface area contributed by atoms with E-state index in [1.165, 1.54) is 0 Å². The number of halogens is 3. The Morgan fingerprint density at radius 1 is 1.00 bits per heavy atom. The smallest absolute Gasteiger partial charge is 0.242 e. The number of carbonyl (C=O) groups excluding carboxylic acids is 2. The zero-order chi connectivity index (χ0) is 22.1. The largest absolute Gasteiger partial charge is 0.354 e. The van der Waals surface area contributed by atoms with Crippen molar-refractivity contribution < 1.29 is 9.59 Å². The topological polar surface area (TPSA) is 49.4 Å². The number of benzene rings is 2. The first kappa shape index (κ1) is 24.5. The lowest BCUT2D eigenvalue weighted by Gasteiger charge is -2.31. The molecule has 0 heterocycles. The average Bonchev–Trinajstić information content (AvgIpc) is 2.71. The minimum Gasteiger partial charge on any atom is -0.354 e. The van der Waals surface area contributed by atoms with Crippen molar-refractivity contribution in [2.75, 3.05) is 6.54 Å². The molecule has 30 heavy (non-hydrogen) atoms. The molecule has 0 aromatic heterocycles. The quantitative estimate of drug-likeness (QED) is 0.440. The highest BCUT2D eigenvalue weighted by Gasteiger charge is 2.28. The van der Waals surface area contributed by atoms with Crippen LogP contribution in [0, 0.1) is 0 Å². The molecule has 4 nitrogen and oxygen atoms in total. The predicted molar refractivity (Wildman–Crippen MR) is 124 cm³/mol. The molecule has 2 aromatic rings. The molecule has 0 saturated heterocycles. The number of rotatable bonds is 10. The fourth-order valence-corrected chi connectivity index (χ4v) is 3.74. The van der Waals surface area contributed by atoms with E-state index in [9.17, 15) is 9.59 Å². The SMILES string of the molecule is CCCCNC(=O)[C@@H](CC)N(Cc1ccc(Cl)cc1)C(=O)Cc1ccc(Cl)cc1Cl. The lowest BCUT2D eigenvalue weighted by Crippen LogP contribution is -2.49. The summed E-state index contributed by atoms with van der Waals surface area (Å²) in [5.74, 6) is -0.317. The van der Waals surface area contributed by atoms with Crippen LogP contribution in [0.2, 0.25) is 15.1 Å². The number of carbonyl (C=O) groups is 2. The maximum absolute atomic E-state index is 13.3. The van der Waals surface area contributed by atoms with E-state index in [0.717, 1.165) is 18.4 Å². The van der Waals surface area contributed by atoms with Crippen LogP contribution in [0.4, 0.5) is 0 Å². The molecule has 0 radical (unpaired) electrons. The molecule has 2 aromatic carbocycles. The Bertz CT molecular complexity index is 856. The maximum atomic E-state index is 13.3. The molecule has 0 saturated carbocycles. The van der Waals surface area contributed by atoms with Gasteiger partial charge in [-0.2, -0.15) is 0 Å². The summed E-state index contributed by atoms with van der Waals surface area (Å²) >= 11 is 18.2. The number of unbranched alkanes of at least 4 members (excludes halogenated alkanes) is 1. The fourth-order valence-electron chi connectivity index (χ4n) is 3.14. The van der Waals surface area contributed by atoms with E-state index in [1.807, 2.05) is 19.1 Å². The molecule has 7 heteroatoms. The zero-order valence-corrected chi connectivity index (χ0v) is 19.5.